The molecule has 4 heteroatoms. The van der Waals surface area contributed by atoms with E-state index in [1.54, 1.807) is 7.11 Å². The first-order chi connectivity index (χ1) is 7.11. The van der Waals surface area contributed by atoms with Gasteiger partial charge in [0.15, 0.2) is 0 Å². The van der Waals surface area contributed by atoms with Gasteiger partial charge in [0.05, 0.1) is 12.7 Å². The van der Waals surface area contributed by atoms with Crippen LogP contribution < -0.4 is 5.32 Å². The molecule has 0 radical (unpaired) electrons. The molecule has 0 aliphatic rings. The maximum atomic E-state index is 11.4. The molecule has 4 nitrogen and oxygen atoms in total. The van der Waals surface area contributed by atoms with E-state index in [0.29, 0.717) is 19.6 Å². The zero-order valence-corrected chi connectivity index (χ0v) is 9.95. The number of hydrogen-bond acceptors (Lipinski definition) is 3. The number of carbonyl (C=O) groups is 1. The second-order valence-electron chi connectivity index (χ2n) is 3.88. The number of amides is 1. The van der Waals surface area contributed by atoms with Crippen molar-refractivity contribution in [3.05, 3.63) is 0 Å². The SMILES string of the molecule is CCCC(C)C(=O)NCCC(O)COC. The highest BCUT2D eigenvalue weighted by atomic mass is 16.5. The van der Waals surface area contributed by atoms with Gasteiger partial charge in [-0.3, -0.25) is 4.79 Å². The molecule has 0 aromatic rings. The highest BCUT2D eigenvalue weighted by molar-refractivity contribution is 5.78. The van der Waals surface area contributed by atoms with Gasteiger partial charge in [0, 0.05) is 19.6 Å². The summed E-state index contributed by atoms with van der Waals surface area (Å²) in [5.41, 5.74) is 0. The lowest BCUT2D eigenvalue weighted by Crippen LogP contribution is -2.32. The third-order valence-electron chi connectivity index (χ3n) is 2.31. The molecule has 0 saturated heterocycles. The molecule has 90 valence electrons. The van der Waals surface area contributed by atoms with Crippen LogP contribution in [0.15, 0.2) is 0 Å². The fraction of sp³-hybridized carbons (Fsp3) is 0.909. The minimum absolute atomic E-state index is 0.0644. The molecule has 0 rings (SSSR count). The smallest absolute Gasteiger partial charge is 0.222 e. The molecule has 0 spiro atoms. The van der Waals surface area contributed by atoms with Crippen LogP contribution in [0.3, 0.4) is 0 Å². The Kier molecular flexibility index (Phi) is 8.33. The van der Waals surface area contributed by atoms with E-state index < -0.39 is 6.10 Å². The van der Waals surface area contributed by atoms with Crippen molar-refractivity contribution in [2.45, 2.75) is 39.2 Å². The quantitative estimate of drug-likeness (QED) is 0.636. The van der Waals surface area contributed by atoms with Gasteiger partial charge in [-0.15, -0.1) is 0 Å². The molecule has 0 saturated carbocycles. The molecule has 0 aromatic carbocycles. The summed E-state index contributed by atoms with van der Waals surface area (Å²) in [5, 5.41) is 12.1. The van der Waals surface area contributed by atoms with Gasteiger partial charge in [-0.2, -0.15) is 0 Å². The average Bonchev–Trinajstić information content (AvgIpc) is 2.18. The van der Waals surface area contributed by atoms with Crippen LogP contribution in [-0.4, -0.2) is 37.4 Å². The highest BCUT2D eigenvalue weighted by Gasteiger charge is 2.11. The van der Waals surface area contributed by atoms with Gasteiger partial charge in [0.25, 0.3) is 0 Å². The number of aliphatic hydroxyl groups is 1. The standard InChI is InChI=1S/C11H23NO3/c1-4-5-9(2)11(14)12-7-6-10(13)8-15-3/h9-10,13H,4-8H2,1-3H3,(H,12,14). The fourth-order valence-electron chi connectivity index (χ4n) is 1.38. The van der Waals surface area contributed by atoms with Crippen molar-refractivity contribution < 1.29 is 14.6 Å². The summed E-state index contributed by atoms with van der Waals surface area (Å²) in [6.07, 6.45) is 1.97. The number of carbonyl (C=O) groups excluding carboxylic acids is 1. The summed E-state index contributed by atoms with van der Waals surface area (Å²) in [6.45, 7) is 4.81. The van der Waals surface area contributed by atoms with Crippen molar-refractivity contribution in [2.24, 2.45) is 5.92 Å². The molecule has 1 amide bonds. The molecular formula is C11H23NO3. The van der Waals surface area contributed by atoms with Crippen molar-refractivity contribution in [1.29, 1.82) is 0 Å². The number of hydrogen-bond donors (Lipinski definition) is 2. The summed E-state index contributed by atoms with van der Waals surface area (Å²) in [6, 6.07) is 0. The minimum Gasteiger partial charge on any atom is -0.391 e. The largest absolute Gasteiger partial charge is 0.391 e. The Bertz CT molecular complexity index is 173. The number of nitrogens with one attached hydrogen (secondary N) is 1. The predicted molar refractivity (Wildman–Crippen MR) is 59.6 cm³/mol. The van der Waals surface area contributed by atoms with Crippen LogP contribution in [0.2, 0.25) is 0 Å². The van der Waals surface area contributed by atoms with E-state index in [4.69, 9.17) is 4.74 Å². The zero-order chi connectivity index (χ0) is 11.7. The molecular weight excluding hydrogens is 194 g/mol. The number of methoxy groups -OCH3 is 1. The van der Waals surface area contributed by atoms with Gasteiger partial charge in [0.2, 0.25) is 5.91 Å². The van der Waals surface area contributed by atoms with E-state index in [0.717, 1.165) is 12.8 Å². The lowest BCUT2D eigenvalue weighted by molar-refractivity contribution is -0.124. The number of aliphatic hydroxyl groups excluding tert-OH is 1. The first-order valence-electron chi connectivity index (χ1n) is 5.56. The van der Waals surface area contributed by atoms with Crippen molar-refractivity contribution in [1.82, 2.24) is 5.32 Å². The van der Waals surface area contributed by atoms with Crippen LogP contribution >= 0.6 is 0 Å². The average molecular weight is 217 g/mol. The van der Waals surface area contributed by atoms with Crippen LogP contribution in [0.1, 0.15) is 33.1 Å². The van der Waals surface area contributed by atoms with Crippen LogP contribution in [0.4, 0.5) is 0 Å². The lowest BCUT2D eigenvalue weighted by atomic mass is 10.1. The maximum Gasteiger partial charge on any atom is 0.222 e. The molecule has 15 heavy (non-hydrogen) atoms. The number of ether oxygens (including phenoxy) is 1. The van der Waals surface area contributed by atoms with E-state index in [9.17, 15) is 9.90 Å². The first kappa shape index (κ1) is 14.4. The van der Waals surface area contributed by atoms with E-state index in [2.05, 4.69) is 12.2 Å². The second kappa shape index (κ2) is 8.68. The third kappa shape index (κ3) is 7.33. The normalized spacial score (nSPS) is 14.7. The van der Waals surface area contributed by atoms with Crippen molar-refractivity contribution in [3.63, 3.8) is 0 Å². The van der Waals surface area contributed by atoms with Crippen LogP contribution in [-0.2, 0) is 9.53 Å². The van der Waals surface area contributed by atoms with Gasteiger partial charge in [0.1, 0.15) is 0 Å². The van der Waals surface area contributed by atoms with Gasteiger partial charge in [-0.05, 0) is 12.8 Å². The van der Waals surface area contributed by atoms with Crippen molar-refractivity contribution in [3.8, 4) is 0 Å². The highest BCUT2D eigenvalue weighted by Crippen LogP contribution is 2.04. The second-order valence-corrected chi connectivity index (χ2v) is 3.88. The monoisotopic (exact) mass is 217 g/mol. The van der Waals surface area contributed by atoms with Gasteiger partial charge in [-0.1, -0.05) is 20.3 Å². The summed E-state index contributed by atoms with van der Waals surface area (Å²) < 4.78 is 4.78. The molecule has 0 aromatic heterocycles. The molecule has 0 bridgehead atoms. The summed E-state index contributed by atoms with van der Waals surface area (Å²) in [7, 11) is 1.55. The molecule has 2 unspecified atom stereocenters. The fourth-order valence-corrected chi connectivity index (χ4v) is 1.38. The molecule has 0 fully saturated rings. The van der Waals surface area contributed by atoms with Crippen molar-refractivity contribution in [2.75, 3.05) is 20.3 Å². The van der Waals surface area contributed by atoms with Gasteiger partial charge >= 0.3 is 0 Å². The molecule has 2 N–H and O–H groups in total. The van der Waals surface area contributed by atoms with Crippen LogP contribution in [0.25, 0.3) is 0 Å². The van der Waals surface area contributed by atoms with Gasteiger partial charge in [-0.25, -0.2) is 0 Å². The molecule has 2 atom stereocenters. The third-order valence-corrected chi connectivity index (χ3v) is 2.31. The summed E-state index contributed by atoms with van der Waals surface area (Å²) >= 11 is 0. The number of rotatable bonds is 8. The predicted octanol–water partition coefficient (Wildman–Crippen LogP) is 0.936. The minimum atomic E-state index is -0.489. The molecule has 0 aliphatic heterocycles. The Hall–Kier alpha value is -0.610. The van der Waals surface area contributed by atoms with E-state index >= 15 is 0 Å². The Balaban J connectivity index is 3.54. The maximum absolute atomic E-state index is 11.4. The lowest BCUT2D eigenvalue weighted by Gasteiger charge is -2.13. The summed E-state index contributed by atoms with van der Waals surface area (Å²) in [5.74, 6) is 0.135. The Morgan fingerprint density at radius 1 is 1.47 bits per heavy atom. The Morgan fingerprint density at radius 2 is 2.13 bits per heavy atom. The molecule has 0 heterocycles. The zero-order valence-electron chi connectivity index (χ0n) is 9.95. The van der Waals surface area contributed by atoms with E-state index in [-0.39, 0.29) is 11.8 Å². The van der Waals surface area contributed by atoms with Crippen LogP contribution in [0, 0.1) is 5.92 Å². The van der Waals surface area contributed by atoms with Crippen LogP contribution in [0.5, 0.6) is 0 Å². The molecule has 0 aliphatic carbocycles. The van der Waals surface area contributed by atoms with Crippen molar-refractivity contribution >= 4 is 5.91 Å². The Labute approximate surface area is 92.0 Å². The van der Waals surface area contributed by atoms with Gasteiger partial charge < -0.3 is 15.2 Å². The summed E-state index contributed by atoms with van der Waals surface area (Å²) in [4.78, 5) is 11.4. The van der Waals surface area contributed by atoms with E-state index in [1.165, 1.54) is 0 Å². The topological polar surface area (TPSA) is 58.6 Å². The first-order valence-corrected chi connectivity index (χ1v) is 5.56. The Morgan fingerprint density at radius 3 is 2.67 bits per heavy atom. The van der Waals surface area contributed by atoms with E-state index in [1.807, 2.05) is 6.92 Å².